The monoisotopic (exact) mass is 280 g/mol. The fraction of sp³-hybridized carbons (Fsp3) is 0.400. The van der Waals surface area contributed by atoms with Crippen LogP contribution >= 0.6 is 11.6 Å². The van der Waals surface area contributed by atoms with E-state index in [4.69, 9.17) is 21.7 Å². The third-order valence-corrected chi connectivity index (χ3v) is 2.55. The standard InChI is InChI=1S/C15H21ClN2O/c1-10(19-15(3,4)5)9-18-14-8-12(16)6-7-13(14)11(2)17/h6-8,17-18H,1,9H2,2-5H3. The molecule has 0 aliphatic heterocycles. The van der Waals surface area contributed by atoms with E-state index in [9.17, 15) is 0 Å². The van der Waals surface area contributed by atoms with E-state index in [2.05, 4.69) is 11.9 Å². The maximum atomic E-state index is 7.74. The van der Waals surface area contributed by atoms with Crippen molar-refractivity contribution in [2.24, 2.45) is 0 Å². The van der Waals surface area contributed by atoms with Gasteiger partial charge in [-0.05, 0) is 45.9 Å². The molecule has 0 amide bonds. The van der Waals surface area contributed by atoms with Crippen molar-refractivity contribution in [2.75, 3.05) is 11.9 Å². The molecule has 3 nitrogen and oxygen atoms in total. The molecule has 0 saturated heterocycles. The van der Waals surface area contributed by atoms with Crippen LogP contribution in [0, 0.1) is 5.41 Å². The molecule has 1 aromatic carbocycles. The molecular weight excluding hydrogens is 260 g/mol. The molecule has 0 fully saturated rings. The summed E-state index contributed by atoms with van der Waals surface area (Å²) in [6, 6.07) is 5.42. The zero-order valence-electron chi connectivity index (χ0n) is 11.9. The Labute approximate surface area is 120 Å². The van der Waals surface area contributed by atoms with Crippen molar-refractivity contribution in [1.29, 1.82) is 5.41 Å². The van der Waals surface area contributed by atoms with E-state index in [1.807, 2.05) is 26.8 Å². The molecule has 0 atom stereocenters. The number of hydrogen-bond donors (Lipinski definition) is 2. The Morgan fingerprint density at radius 2 is 2.05 bits per heavy atom. The second kappa shape index (κ2) is 6.11. The smallest absolute Gasteiger partial charge is 0.109 e. The summed E-state index contributed by atoms with van der Waals surface area (Å²) in [5.74, 6) is 0.654. The zero-order valence-corrected chi connectivity index (χ0v) is 12.7. The molecule has 1 aromatic rings. The summed E-state index contributed by atoms with van der Waals surface area (Å²) in [4.78, 5) is 0. The number of benzene rings is 1. The van der Waals surface area contributed by atoms with Crippen molar-refractivity contribution in [3.8, 4) is 0 Å². The van der Waals surface area contributed by atoms with Gasteiger partial charge in [0.15, 0.2) is 0 Å². The van der Waals surface area contributed by atoms with E-state index in [0.717, 1.165) is 11.3 Å². The van der Waals surface area contributed by atoms with E-state index in [-0.39, 0.29) is 5.60 Å². The molecule has 4 heteroatoms. The summed E-state index contributed by atoms with van der Waals surface area (Å²) in [5, 5.41) is 11.6. The molecule has 0 heterocycles. The first-order chi connectivity index (χ1) is 8.69. The second-order valence-corrected chi connectivity index (χ2v) is 5.86. The number of anilines is 1. The third-order valence-electron chi connectivity index (χ3n) is 2.31. The van der Waals surface area contributed by atoms with E-state index in [1.54, 1.807) is 19.1 Å². The van der Waals surface area contributed by atoms with Gasteiger partial charge in [0.1, 0.15) is 11.4 Å². The Kier molecular flexibility index (Phi) is 5.01. The summed E-state index contributed by atoms with van der Waals surface area (Å²) >= 11 is 5.98. The summed E-state index contributed by atoms with van der Waals surface area (Å²) in [5.41, 5.74) is 1.88. The highest BCUT2D eigenvalue weighted by molar-refractivity contribution is 6.31. The minimum Gasteiger partial charge on any atom is -0.491 e. The highest BCUT2D eigenvalue weighted by Crippen LogP contribution is 2.22. The lowest BCUT2D eigenvalue weighted by Crippen LogP contribution is -2.21. The van der Waals surface area contributed by atoms with Crippen molar-refractivity contribution >= 4 is 23.0 Å². The number of ether oxygens (including phenoxy) is 1. The van der Waals surface area contributed by atoms with Gasteiger partial charge in [0.05, 0.1) is 6.54 Å². The molecule has 0 unspecified atom stereocenters. The highest BCUT2D eigenvalue weighted by Gasteiger charge is 2.13. The minimum atomic E-state index is -0.257. The first kappa shape index (κ1) is 15.6. The predicted molar refractivity (Wildman–Crippen MR) is 82.4 cm³/mol. The molecule has 0 aromatic heterocycles. The fourth-order valence-electron chi connectivity index (χ4n) is 1.65. The molecule has 0 saturated carbocycles. The quantitative estimate of drug-likeness (QED) is 0.617. The SMILES string of the molecule is C=C(CNc1cc(Cl)ccc1C(C)=N)OC(C)(C)C. The summed E-state index contributed by atoms with van der Waals surface area (Å²) in [6.07, 6.45) is 0. The van der Waals surface area contributed by atoms with E-state index >= 15 is 0 Å². The van der Waals surface area contributed by atoms with Crippen LogP contribution in [0.5, 0.6) is 0 Å². The molecular formula is C15H21ClN2O. The van der Waals surface area contributed by atoms with Crippen LogP contribution in [0.3, 0.4) is 0 Å². The average Bonchev–Trinajstić information content (AvgIpc) is 2.23. The molecule has 104 valence electrons. The first-order valence-corrected chi connectivity index (χ1v) is 6.52. The fourth-order valence-corrected chi connectivity index (χ4v) is 1.82. The average molecular weight is 281 g/mol. The Balaban J connectivity index is 2.75. The molecule has 0 aliphatic rings. The molecule has 0 spiro atoms. The number of nitrogens with one attached hydrogen (secondary N) is 2. The molecule has 0 bridgehead atoms. The number of hydrogen-bond acceptors (Lipinski definition) is 3. The van der Waals surface area contributed by atoms with E-state index in [1.165, 1.54) is 0 Å². The number of rotatable bonds is 5. The van der Waals surface area contributed by atoms with Crippen molar-refractivity contribution in [3.05, 3.63) is 41.1 Å². The van der Waals surface area contributed by atoms with Crippen molar-refractivity contribution < 1.29 is 4.74 Å². The van der Waals surface area contributed by atoms with Crippen LogP contribution in [0.2, 0.25) is 5.02 Å². The van der Waals surface area contributed by atoms with Gasteiger partial charge in [-0.15, -0.1) is 0 Å². The molecule has 19 heavy (non-hydrogen) atoms. The van der Waals surface area contributed by atoms with Crippen LogP contribution < -0.4 is 5.32 Å². The van der Waals surface area contributed by atoms with Gasteiger partial charge >= 0.3 is 0 Å². The maximum Gasteiger partial charge on any atom is 0.109 e. The Hall–Kier alpha value is -1.48. The van der Waals surface area contributed by atoms with Crippen LogP contribution in [-0.4, -0.2) is 17.9 Å². The Morgan fingerprint density at radius 1 is 1.42 bits per heavy atom. The molecule has 0 radical (unpaired) electrons. The molecule has 1 rings (SSSR count). The lowest BCUT2D eigenvalue weighted by atomic mass is 10.1. The largest absolute Gasteiger partial charge is 0.491 e. The van der Waals surface area contributed by atoms with Crippen LogP contribution in [0.4, 0.5) is 5.69 Å². The molecule has 0 aliphatic carbocycles. The summed E-state index contributed by atoms with van der Waals surface area (Å²) in [6.45, 7) is 12.0. The van der Waals surface area contributed by atoms with Crippen LogP contribution in [0.25, 0.3) is 0 Å². The van der Waals surface area contributed by atoms with Gasteiger partial charge in [0, 0.05) is 22.0 Å². The Morgan fingerprint density at radius 3 is 2.58 bits per heavy atom. The van der Waals surface area contributed by atoms with Crippen molar-refractivity contribution in [3.63, 3.8) is 0 Å². The van der Waals surface area contributed by atoms with Gasteiger partial charge in [-0.1, -0.05) is 18.2 Å². The van der Waals surface area contributed by atoms with Gasteiger partial charge < -0.3 is 15.5 Å². The maximum absolute atomic E-state index is 7.74. The van der Waals surface area contributed by atoms with Crippen LogP contribution in [0.1, 0.15) is 33.3 Å². The summed E-state index contributed by atoms with van der Waals surface area (Å²) in [7, 11) is 0. The van der Waals surface area contributed by atoms with Gasteiger partial charge in [-0.2, -0.15) is 0 Å². The van der Waals surface area contributed by atoms with Crippen LogP contribution in [-0.2, 0) is 4.74 Å². The Bertz CT molecular complexity index is 489. The van der Waals surface area contributed by atoms with Gasteiger partial charge in [0.25, 0.3) is 0 Å². The van der Waals surface area contributed by atoms with Gasteiger partial charge in [0.2, 0.25) is 0 Å². The van der Waals surface area contributed by atoms with Gasteiger partial charge in [-0.25, -0.2) is 0 Å². The van der Waals surface area contributed by atoms with Crippen molar-refractivity contribution in [2.45, 2.75) is 33.3 Å². The van der Waals surface area contributed by atoms with E-state index in [0.29, 0.717) is 23.0 Å². The van der Waals surface area contributed by atoms with Crippen molar-refractivity contribution in [1.82, 2.24) is 0 Å². The lowest BCUT2D eigenvalue weighted by Gasteiger charge is -2.23. The lowest BCUT2D eigenvalue weighted by molar-refractivity contribution is 0.0530. The summed E-state index contributed by atoms with van der Waals surface area (Å²) < 4.78 is 5.65. The first-order valence-electron chi connectivity index (χ1n) is 6.15. The predicted octanol–water partition coefficient (Wildman–Crippen LogP) is 4.47. The second-order valence-electron chi connectivity index (χ2n) is 5.42. The number of halogens is 1. The highest BCUT2D eigenvalue weighted by atomic mass is 35.5. The zero-order chi connectivity index (χ0) is 14.6. The topological polar surface area (TPSA) is 45.1 Å². The normalized spacial score (nSPS) is 11.0. The minimum absolute atomic E-state index is 0.257. The third kappa shape index (κ3) is 5.35. The van der Waals surface area contributed by atoms with Crippen LogP contribution in [0.15, 0.2) is 30.5 Å². The molecule has 2 N–H and O–H groups in total. The van der Waals surface area contributed by atoms with Gasteiger partial charge in [-0.3, -0.25) is 0 Å². The van der Waals surface area contributed by atoms with E-state index < -0.39 is 0 Å².